The lowest BCUT2D eigenvalue weighted by molar-refractivity contribution is 0.00685. The normalized spacial score (nSPS) is 19.2. The van der Waals surface area contributed by atoms with E-state index in [0.29, 0.717) is 49.0 Å². The third-order valence-electron chi connectivity index (χ3n) is 7.68. The molecule has 0 bridgehead atoms. The predicted molar refractivity (Wildman–Crippen MR) is 172 cm³/mol. The van der Waals surface area contributed by atoms with Crippen molar-refractivity contribution in [1.29, 1.82) is 0 Å². The number of ether oxygens (including phenoxy) is 2. The fraction of sp³-hybridized carbons (Fsp3) is 0.344. The van der Waals surface area contributed by atoms with Crippen LogP contribution in [0, 0.1) is 11.6 Å². The zero-order valence-electron chi connectivity index (χ0n) is 25.7. The van der Waals surface area contributed by atoms with Crippen LogP contribution in [-0.2, 0) is 10.3 Å². The number of nitrogens with one attached hydrogen (secondary N) is 1. The molecule has 14 heteroatoms. The molecular formula is C32H37ClF2N8O3. The first-order chi connectivity index (χ1) is 22.2. The average Bonchev–Trinajstić information content (AvgIpc) is 3.49. The number of nitrogen functional groups attached to an aromatic ring is 1. The highest BCUT2D eigenvalue weighted by atomic mass is 35.5. The molecular weight excluding hydrogens is 618 g/mol. The van der Waals surface area contributed by atoms with Gasteiger partial charge >= 0.3 is 6.03 Å². The Morgan fingerprint density at radius 2 is 1.78 bits per heavy atom. The van der Waals surface area contributed by atoms with Gasteiger partial charge in [-0.25, -0.2) is 28.6 Å². The summed E-state index contributed by atoms with van der Waals surface area (Å²) in [6.45, 7) is 7.41. The quantitative estimate of drug-likeness (QED) is 0.244. The summed E-state index contributed by atoms with van der Waals surface area (Å²) in [4.78, 5) is 19.8. The Morgan fingerprint density at radius 3 is 2.35 bits per heavy atom. The minimum Gasteiger partial charge on any atom is -0.487 e. The van der Waals surface area contributed by atoms with Crippen LogP contribution in [0.25, 0.3) is 0 Å². The highest BCUT2D eigenvalue weighted by molar-refractivity contribution is 6.30. The molecule has 3 N–H and O–H groups in total. The molecule has 244 valence electrons. The van der Waals surface area contributed by atoms with Crippen LogP contribution in [0.2, 0.25) is 5.02 Å². The number of carbonyl (C=O) groups excluding carboxylic acids is 1. The first kappa shape index (κ1) is 32.9. The van der Waals surface area contributed by atoms with E-state index in [1.54, 1.807) is 17.1 Å². The van der Waals surface area contributed by atoms with Crippen molar-refractivity contribution < 1.29 is 23.0 Å². The number of benzene rings is 3. The summed E-state index contributed by atoms with van der Waals surface area (Å²) in [5, 5.41) is 10.7. The van der Waals surface area contributed by atoms with Crippen LogP contribution in [0.3, 0.4) is 0 Å². The van der Waals surface area contributed by atoms with Gasteiger partial charge in [0.15, 0.2) is 0 Å². The van der Waals surface area contributed by atoms with Gasteiger partial charge in [0.2, 0.25) is 0 Å². The Morgan fingerprint density at radius 1 is 1.07 bits per heavy atom. The second-order valence-corrected chi connectivity index (χ2v) is 11.1. The van der Waals surface area contributed by atoms with E-state index in [-0.39, 0.29) is 12.1 Å². The molecule has 46 heavy (non-hydrogen) atoms. The molecule has 2 atom stereocenters. The van der Waals surface area contributed by atoms with Crippen molar-refractivity contribution in [3.63, 3.8) is 0 Å². The van der Waals surface area contributed by atoms with Gasteiger partial charge in [0.05, 0.1) is 5.69 Å². The zero-order valence-corrected chi connectivity index (χ0v) is 26.4. The summed E-state index contributed by atoms with van der Waals surface area (Å²) in [7, 11) is 0. The molecule has 2 fully saturated rings. The maximum atomic E-state index is 14.5. The molecule has 1 saturated carbocycles. The number of aromatic nitrogens is 3. The molecule has 2 amide bonds. The van der Waals surface area contributed by atoms with Crippen LogP contribution in [0.1, 0.15) is 25.8 Å². The summed E-state index contributed by atoms with van der Waals surface area (Å²) in [6, 6.07) is 18.4. The predicted octanol–water partition coefficient (Wildman–Crippen LogP) is 4.97. The van der Waals surface area contributed by atoms with Crippen molar-refractivity contribution in [2.45, 2.75) is 32.0 Å². The van der Waals surface area contributed by atoms with Gasteiger partial charge in [-0.15, -0.1) is 5.10 Å². The smallest absolute Gasteiger partial charge is 0.336 e. The molecule has 1 aromatic heterocycles. The molecule has 2 unspecified atom stereocenters. The number of nitrogens with two attached hydrogens (primary N) is 1. The largest absolute Gasteiger partial charge is 0.487 e. The highest BCUT2D eigenvalue weighted by Crippen LogP contribution is 2.52. The van der Waals surface area contributed by atoms with E-state index in [1.165, 1.54) is 24.8 Å². The first-order valence-corrected chi connectivity index (χ1v) is 15.4. The molecule has 2 heterocycles. The summed E-state index contributed by atoms with van der Waals surface area (Å²) in [6.07, 6.45) is 2.91. The Bertz CT molecular complexity index is 1570. The summed E-state index contributed by atoms with van der Waals surface area (Å²) in [5.74, 6) is 4.43. The van der Waals surface area contributed by atoms with Gasteiger partial charge in [0.1, 0.15) is 41.7 Å². The molecule has 1 aliphatic heterocycles. The van der Waals surface area contributed by atoms with E-state index in [1.807, 2.05) is 55.3 Å². The molecule has 0 radical (unpaired) electrons. The number of nitrogens with zero attached hydrogens (tertiary/aromatic N) is 6. The summed E-state index contributed by atoms with van der Waals surface area (Å²) < 4.78 is 40.1. The Kier molecular flexibility index (Phi) is 10.6. The Labute approximate surface area is 271 Å². The molecule has 1 aliphatic carbocycles. The lowest BCUT2D eigenvalue weighted by Crippen LogP contribution is -2.58. The Hall–Kier alpha value is -4.46. The van der Waals surface area contributed by atoms with Gasteiger partial charge in [0.25, 0.3) is 0 Å². The van der Waals surface area contributed by atoms with E-state index in [4.69, 9.17) is 26.9 Å². The third kappa shape index (κ3) is 7.66. The second kappa shape index (κ2) is 14.8. The van der Waals surface area contributed by atoms with Crippen LogP contribution < -0.4 is 25.8 Å². The van der Waals surface area contributed by atoms with Gasteiger partial charge in [-0.3, -0.25) is 0 Å². The maximum Gasteiger partial charge on any atom is 0.336 e. The fourth-order valence-electron chi connectivity index (χ4n) is 5.45. The fourth-order valence-corrected chi connectivity index (χ4v) is 5.57. The molecule has 4 aromatic rings. The van der Waals surface area contributed by atoms with Gasteiger partial charge in [-0.2, -0.15) is 4.79 Å². The van der Waals surface area contributed by atoms with Crippen LogP contribution in [0.15, 0.2) is 79.4 Å². The van der Waals surface area contributed by atoms with Crippen molar-refractivity contribution in [3.05, 3.63) is 102 Å². The molecule has 6 rings (SSSR count). The van der Waals surface area contributed by atoms with Crippen LogP contribution in [0.4, 0.5) is 25.0 Å². The number of amides is 2. The van der Waals surface area contributed by atoms with Crippen molar-refractivity contribution in [2.24, 2.45) is 0 Å². The molecule has 2 aliphatic rings. The van der Waals surface area contributed by atoms with Crippen LogP contribution >= 0.6 is 11.6 Å². The van der Waals surface area contributed by atoms with Crippen LogP contribution in [-0.4, -0.2) is 71.3 Å². The maximum absolute atomic E-state index is 14.5. The standard InChI is InChI=1S/C30H33ClF2N4O3.C2H4N4/c1-3-34-29(38)37(24-8-5-21(31)6-9-24)36-17-15-35(16-18-36)23-10-12-25(13-11-23)40-28-20-30(28,39-4-2)26-14-7-22(32)19-27(26)33;3-6-2-4-1-5-6/h5-14,19,28H,3-4,15-18,20H2,1-2H3,(H,34,38);1-2H,3H2. The second-order valence-electron chi connectivity index (χ2n) is 10.7. The zero-order chi connectivity index (χ0) is 32.7. The number of hydrogen-bond donors (Lipinski definition) is 2. The number of rotatable bonds is 9. The van der Waals surface area contributed by atoms with Crippen molar-refractivity contribution in [2.75, 3.05) is 55.1 Å². The number of urea groups is 1. The van der Waals surface area contributed by atoms with Gasteiger partial charge in [0, 0.05) is 68.1 Å². The van der Waals surface area contributed by atoms with Crippen molar-refractivity contribution in [3.8, 4) is 5.75 Å². The number of carbonyl (C=O) groups is 1. The number of halogens is 3. The number of hydrazine groups is 1. The summed E-state index contributed by atoms with van der Waals surface area (Å²) in [5.41, 5.74) is 1.20. The molecule has 1 saturated heterocycles. The highest BCUT2D eigenvalue weighted by Gasteiger charge is 2.60. The average molecular weight is 655 g/mol. The molecule has 3 aromatic carbocycles. The number of anilines is 2. The van der Waals surface area contributed by atoms with E-state index in [2.05, 4.69) is 20.3 Å². The first-order valence-electron chi connectivity index (χ1n) is 15.0. The van der Waals surface area contributed by atoms with Crippen molar-refractivity contribution >= 4 is 29.0 Å². The topological polar surface area (TPSA) is 114 Å². The molecule has 11 nitrogen and oxygen atoms in total. The van der Waals surface area contributed by atoms with Crippen molar-refractivity contribution in [1.82, 2.24) is 25.2 Å². The SMILES string of the molecule is CCNC(=O)N(c1ccc(Cl)cc1)N1CCN(c2ccc(OC3CC3(OCC)c3ccc(F)cc3F)cc2)CC1.Nn1cncn1. The Balaban J connectivity index is 0.000000624. The minimum absolute atomic E-state index is 0.177. The molecule has 0 spiro atoms. The van der Waals surface area contributed by atoms with E-state index in [9.17, 15) is 13.6 Å². The minimum atomic E-state index is -0.915. The van der Waals surface area contributed by atoms with Gasteiger partial charge < -0.3 is 25.5 Å². The van der Waals surface area contributed by atoms with Gasteiger partial charge in [-0.1, -0.05) is 17.7 Å². The van der Waals surface area contributed by atoms with Crippen LogP contribution in [0.5, 0.6) is 5.75 Å². The number of hydrogen-bond acceptors (Lipinski definition) is 8. The summed E-state index contributed by atoms with van der Waals surface area (Å²) >= 11 is 6.06. The van der Waals surface area contributed by atoms with E-state index in [0.717, 1.165) is 35.3 Å². The van der Waals surface area contributed by atoms with E-state index < -0.39 is 17.2 Å². The monoisotopic (exact) mass is 654 g/mol. The third-order valence-corrected chi connectivity index (χ3v) is 7.94. The lowest BCUT2D eigenvalue weighted by atomic mass is 10.1. The number of piperazine rings is 1. The van der Waals surface area contributed by atoms with E-state index >= 15 is 0 Å². The van der Waals surface area contributed by atoms with Gasteiger partial charge in [-0.05, 0) is 68.4 Å². The lowest BCUT2D eigenvalue weighted by Gasteiger charge is -2.41.